The molecule has 4 rings (SSSR count). The molecule has 1 aromatic heterocycles. The van der Waals surface area contributed by atoms with E-state index in [1.807, 2.05) is 24.3 Å². The second-order valence-electron chi connectivity index (χ2n) is 6.17. The fourth-order valence-corrected chi connectivity index (χ4v) is 4.84. The van der Waals surface area contributed by atoms with Gasteiger partial charge in [0.1, 0.15) is 0 Å². The zero-order valence-electron chi connectivity index (χ0n) is 11.3. The van der Waals surface area contributed by atoms with Gasteiger partial charge in [-0.15, -0.1) is 0 Å². The highest BCUT2D eigenvalue weighted by Crippen LogP contribution is 2.49. The lowest BCUT2D eigenvalue weighted by Gasteiger charge is -2.20. The summed E-state index contributed by atoms with van der Waals surface area (Å²) in [5.41, 5.74) is 0.965. The van der Waals surface area contributed by atoms with Gasteiger partial charge in [0.05, 0.1) is 10.2 Å². The number of hydrogen-bond acceptors (Lipinski definition) is 3. The van der Waals surface area contributed by atoms with Crippen molar-refractivity contribution in [2.45, 2.75) is 32.1 Å². The van der Waals surface area contributed by atoms with E-state index in [2.05, 4.69) is 10.3 Å². The number of benzene rings is 1. The molecule has 0 aliphatic heterocycles. The number of carbonyl (C=O) groups excluding carboxylic acids is 1. The summed E-state index contributed by atoms with van der Waals surface area (Å²) >= 11 is 1.56. The minimum Gasteiger partial charge on any atom is -0.302 e. The van der Waals surface area contributed by atoms with E-state index in [-0.39, 0.29) is 5.91 Å². The number of fused-ring (bicyclic) bond motifs is 3. The maximum Gasteiger partial charge on any atom is 0.226 e. The van der Waals surface area contributed by atoms with Crippen LogP contribution in [0.2, 0.25) is 0 Å². The van der Waals surface area contributed by atoms with Gasteiger partial charge in [0.25, 0.3) is 0 Å². The molecule has 104 valence electrons. The van der Waals surface area contributed by atoms with Crippen LogP contribution in [0, 0.1) is 17.8 Å². The van der Waals surface area contributed by atoms with Gasteiger partial charge in [0.2, 0.25) is 5.91 Å². The van der Waals surface area contributed by atoms with Gasteiger partial charge in [-0.05, 0) is 49.1 Å². The Morgan fingerprint density at radius 2 is 2.20 bits per heavy atom. The number of rotatable bonds is 3. The molecular formula is C16H18N2OS. The zero-order chi connectivity index (χ0) is 13.5. The predicted octanol–water partition coefficient (Wildman–Crippen LogP) is 4.06. The molecule has 2 bridgehead atoms. The highest BCUT2D eigenvalue weighted by Gasteiger charge is 2.40. The van der Waals surface area contributed by atoms with E-state index >= 15 is 0 Å². The van der Waals surface area contributed by atoms with Crippen molar-refractivity contribution in [3.05, 3.63) is 24.3 Å². The molecule has 1 amide bonds. The molecule has 2 fully saturated rings. The van der Waals surface area contributed by atoms with Crippen LogP contribution in [0.25, 0.3) is 10.2 Å². The third kappa shape index (κ3) is 2.22. The summed E-state index contributed by atoms with van der Waals surface area (Å²) in [6, 6.07) is 8.00. The van der Waals surface area contributed by atoms with Crippen LogP contribution in [0.15, 0.2) is 24.3 Å². The predicted molar refractivity (Wildman–Crippen MR) is 81.8 cm³/mol. The number of nitrogens with zero attached hydrogens (tertiary/aromatic N) is 1. The largest absolute Gasteiger partial charge is 0.302 e. The SMILES string of the molecule is O=C(C[C@@H]1C[C@H]2CC[C@H]1C2)Nc1nc2ccccc2s1. The van der Waals surface area contributed by atoms with Crippen LogP contribution >= 0.6 is 11.3 Å². The number of hydrogen-bond donors (Lipinski definition) is 1. The van der Waals surface area contributed by atoms with Gasteiger partial charge in [-0.25, -0.2) is 4.98 Å². The first kappa shape index (κ1) is 12.3. The molecule has 4 heteroatoms. The molecule has 1 heterocycles. The van der Waals surface area contributed by atoms with Crippen LogP contribution in [0.3, 0.4) is 0 Å². The smallest absolute Gasteiger partial charge is 0.226 e. The molecule has 0 saturated heterocycles. The lowest BCUT2D eigenvalue weighted by Crippen LogP contribution is -2.20. The molecule has 3 nitrogen and oxygen atoms in total. The maximum atomic E-state index is 12.2. The highest BCUT2D eigenvalue weighted by atomic mass is 32.1. The van der Waals surface area contributed by atoms with Gasteiger partial charge in [0, 0.05) is 6.42 Å². The number of aromatic nitrogens is 1. The summed E-state index contributed by atoms with van der Waals surface area (Å²) in [6.07, 6.45) is 6.03. The fraction of sp³-hybridized carbons (Fsp3) is 0.500. The van der Waals surface area contributed by atoms with Crippen molar-refractivity contribution in [2.75, 3.05) is 5.32 Å². The standard InChI is InChI=1S/C16H18N2OS/c19-15(9-12-8-10-5-6-11(12)7-10)18-16-17-13-3-1-2-4-14(13)20-16/h1-4,10-12H,5-9H2,(H,17,18,19)/t10-,11-,12-/m0/s1. The Labute approximate surface area is 122 Å². The molecule has 2 aromatic rings. The van der Waals surface area contributed by atoms with Crippen LogP contribution in [-0.4, -0.2) is 10.9 Å². The molecule has 1 aromatic carbocycles. The number of nitrogens with one attached hydrogen (secondary N) is 1. The average Bonchev–Trinajstić information content (AvgIpc) is 3.11. The number of carbonyl (C=O) groups is 1. The molecule has 2 saturated carbocycles. The van der Waals surface area contributed by atoms with Crippen molar-refractivity contribution in [1.82, 2.24) is 4.98 Å². The van der Waals surface area contributed by atoms with Crippen LogP contribution in [-0.2, 0) is 4.79 Å². The van der Waals surface area contributed by atoms with Crippen LogP contribution in [0.4, 0.5) is 5.13 Å². The van der Waals surface area contributed by atoms with E-state index in [0.717, 1.165) is 27.2 Å². The summed E-state index contributed by atoms with van der Waals surface area (Å²) in [6.45, 7) is 0. The molecule has 2 aliphatic carbocycles. The van der Waals surface area contributed by atoms with E-state index in [1.54, 1.807) is 11.3 Å². The summed E-state index contributed by atoms with van der Waals surface area (Å²) in [4.78, 5) is 16.6. The zero-order valence-corrected chi connectivity index (χ0v) is 12.2. The number of para-hydroxylation sites is 1. The summed E-state index contributed by atoms with van der Waals surface area (Å²) in [5, 5.41) is 3.72. The van der Waals surface area contributed by atoms with Crippen molar-refractivity contribution in [3.63, 3.8) is 0 Å². The van der Waals surface area contributed by atoms with Gasteiger partial charge >= 0.3 is 0 Å². The Balaban J connectivity index is 1.42. The van der Waals surface area contributed by atoms with Crippen LogP contribution in [0.1, 0.15) is 32.1 Å². The van der Waals surface area contributed by atoms with Crippen molar-refractivity contribution >= 4 is 32.6 Å². The first-order valence-electron chi connectivity index (χ1n) is 7.43. The highest BCUT2D eigenvalue weighted by molar-refractivity contribution is 7.22. The minimum atomic E-state index is 0.140. The van der Waals surface area contributed by atoms with Crippen molar-refractivity contribution in [3.8, 4) is 0 Å². The Kier molecular flexibility index (Phi) is 2.99. The Hall–Kier alpha value is -1.42. The van der Waals surface area contributed by atoms with Gasteiger partial charge in [-0.3, -0.25) is 4.79 Å². The van der Waals surface area contributed by atoms with Gasteiger partial charge in [-0.2, -0.15) is 0 Å². The Morgan fingerprint density at radius 3 is 2.95 bits per heavy atom. The summed E-state index contributed by atoms with van der Waals surface area (Å²) < 4.78 is 1.13. The molecule has 20 heavy (non-hydrogen) atoms. The van der Waals surface area contributed by atoms with E-state index < -0.39 is 0 Å². The van der Waals surface area contributed by atoms with E-state index in [4.69, 9.17) is 0 Å². The number of amides is 1. The first-order valence-corrected chi connectivity index (χ1v) is 8.25. The van der Waals surface area contributed by atoms with E-state index in [0.29, 0.717) is 12.3 Å². The monoisotopic (exact) mass is 286 g/mol. The molecule has 3 atom stereocenters. The molecule has 1 N–H and O–H groups in total. The second kappa shape index (κ2) is 4.85. The van der Waals surface area contributed by atoms with Crippen molar-refractivity contribution < 1.29 is 4.79 Å². The molecule has 2 aliphatic rings. The maximum absolute atomic E-state index is 12.2. The number of anilines is 1. The van der Waals surface area contributed by atoms with Gasteiger partial charge < -0.3 is 5.32 Å². The Bertz CT molecular complexity index is 618. The first-order chi connectivity index (χ1) is 9.78. The molecule has 0 spiro atoms. The molecule has 0 unspecified atom stereocenters. The van der Waals surface area contributed by atoms with Gasteiger partial charge in [0.15, 0.2) is 5.13 Å². The van der Waals surface area contributed by atoms with Crippen molar-refractivity contribution in [1.29, 1.82) is 0 Å². The number of thiazole rings is 1. The van der Waals surface area contributed by atoms with E-state index in [1.165, 1.54) is 25.7 Å². The lowest BCUT2D eigenvalue weighted by atomic mass is 9.86. The lowest BCUT2D eigenvalue weighted by molar-refractivity contribution is -0.117. The van der Waals surface area contributed by atoms with Crippen LogP contribution in [0.5, 0.6) is 0 Å². The fourth-order valence-electron chi connectivity index (χ4n) is 3.96. The molecular weight excluding hydrogens is 268 g/mol. The normalized spacial score (nSPS) is 28.1. The third-order valence-electron chi connectivity index (χ3n) is 4.87. The quantitative estimate of drug-likeness (QED) is 0.924. The summed E-state index contributed by atoms with van der Waals surface area (Å²) in [5.74, 6) is 2.46. The van der Waals surface area contributed by atoms with E-state index in [9.17, 15) is 4.79 Å². The second-order valence-corrected chi connectivity index (χ2v) is 7.20. The minimum absolute atomic E-state index is 0.140. The average molecular weight is 286 g/mol. The summed E-state index contributed by atoms with van der Waals surface area (Å²) in [7, 11) is 0. The van der Waals surface area contributed by atoms with Gasteiger partial charge in [-0.1, -0.05) is 29.9 Å². The topological polar surface area (TPSA) is 42.0 Å². The van der Waals surface area contributed by atoms with Crippen molar-refractivity contribution in [2.24, 2.45) is 17.8 Å². The molecule has 0 radical (unpaired) electrons. The third-order valence-corrected chi connectivity index (χ3v) is 5.82. The van der Waals surface area contributed by atoms with Crippen LogP contribution < -0.4 is 5.32 Å². The Morgan fingerprint density at radius 1 is 1.30 bits per heavy atom.